The summed E-state index contributed by atoms with van der Waals surface area (Å²) in [6.45, 7) is 10.1. The maximum atomic E-state index is 5.91. The quantitative estimate of drug-likeness (QED) is 0.896. The molecule has 0 aliphatic carbocycles. The van der Waals surface area contributed by atoms with E-state index in [2.05, 4.69) is 36.2 Å². The van der Waals surface area contributed by atoms with Gasteiger partial charge < -0.3 is 14.8 Å². The van der Waals surface area contributed by atoms with Crippen LogP contribution < -0.4 is 14.8 Å². The second-order valence-electron chi connectivity index (χ2n) is 6.32. The average molecular weight is 276 g/mol. The Hall–Kier alpha value is -1.26. The third-order valence-electron chi connectivity index (χ3n) is 3.90. The van der Waals surface area contributed by atoms with Gasteiger partial charge in [-0.15, -0.1) is 0 Å². The highest BCUT2D eigenvalue weighted by Gasteiger charge is 2.26. The number of nitrogens with one attached hydrogen (secondary N) is 1. The van der Waals surface area contributed by atoms with Gasteiger partial charge in [0.15, 0.2) is 11.5 Å². The van der Waals surface area contributed by atoms with E-state index in [0.717, 1.165) is 57.3 Å². The molecule has 1 fully saturated rings. The van der Waals surface area contributed by atoms with Crippen LogP contribution >= 0.6 is 0 Å². The summed E-state index contributed by atoms with van der Waals surface area (Å²) in [4.78, 5) is 2.49. The molecule has 1 N–H and O–H groups in total. The van der Waals surface area contributed by atoms with Crippen LogP contribution in [0.1, 0.15) is 25.8 Å². The van der Waals surface area contributed by atoms with Crippen molar-refractivity contribution in [3.8, 4) is 11.5 Å². The molecular weight excluding hydrogens is 252 g/mol. The fourth-order valence-electron chi connectivity index (χ4n) is 3.00. The summed E-state index contributed by atoms with van der Waals surface area (Å²) >= 11 is 0. The van der Waals surface area contributed by atoms with E-state index in [-0.39, 0.29) is 5.54 Å². The first-order valence-electron chi connectivity index (χ1n) is 7.49. The summed E-state index contributed by atoms with van der Waals surface area (Å²) in [6, 6.07) is 6.23. The molecule has 20 heavy (non-hydrogen) atoms. The number of piperazine rings is 1. The van der Waals surface area contributed by atoms with Crippen LogP contribution in [0.25, 0.3) is 0 Å². The van der Waals surface area contributed by atoms with Gasteiger partial charge in [-0.3, -0.25) is 4.90 Å². The van der Waals surface area contributed by atoms with E-state index in [0.29, 0.717) is 0 Å². The third-order valence-corrected chi connectivity index (χ3v) is 3.90. The van der Waals surface area contributed by atoms with E-state index in [1.807, 2.05) is 6.07 Å². The Morgan fingerprint density at radius 2 is 2.10 bits per heavy atom. The van der Waals surface area contributed by atoms with E-state index < -0.39 is 0 Å². The molecule has 110 valence electrons. The van der Waals surface area contributed by atoms with E-state index >= 15 is 0 Å². The number of benzene rings is 1. The molecule has 0 saturated carbocycles. The number of ether oxygens (including phenoxy) is 2. The van der Waals surface area contributed by atoms with Gasteiger partial charge in [0.25, 0.3) is 0 Å². The molecule has 3 rings (SSSR count). The summed E-state index contributed by atoms with van der Waals surface area (Å²) in [7, 11) is 0. The molecule has 1 saturated heterocycles. The van der Waals surface area contributed by atoms with Crippen LogP contribution in [0.15, 0.2) is 18.2 Å². The average Bonchev–Trinajstić information content (AvgIpc) is 2.63. The molecule has 0 aromatic heterocycles. The lowest BCUT2D eigenvalue weighted by Gasteiger charge is -2.39. The SMILES string of the molecule is CC1(C)CN(Cc2cccc3c2OCCCO3)CCN1. The maximum Gasteiger partial charge on any atom is 0.165 e. The van der Waals surface area contributed by atoms with Gasteiger partial charge >= 0.3 is 0 Å². The molecule has 0 spiro atoms. The Kier molecular flexibility index (Phi) is 3.85. The largest absolute Gasteiger partial charge is 0.490 e. The van der Waals surface area contributed by atoms with Crippen molar-refractivity contribution in [1.82, 2.24) is 10.2 Å². The fourth-order valence-corrected chi connectivity index (χ4v) is 3.00. The molecule has 1 aromatic rings. The number of fused-ring (bicyclic) bond motifs is 1. The normalized spacial score (nSPS) is 22.3. The number of hydrogen-bond donors (Lipinski definition) is 1. The summed E-state index contributed by atoms with van der Waals surface area (Å²) in [5, 5.41) is 3.55. The highest BCUT2D eigenvalue weighted by molar-refractivity contribution is 5.47. The van der Waals surface area contributed by atoms with Crippen molar-refractivity contribution in [3.05, 3.63) is 23.8 Å². The van der Waals surface area contributed by atoms with Crippen LogP contribution in [0.2, 0.25) is 0 Å². The summed E-state index contributed by atoms with van der Waals surface area (Å²) in [6.07, 6.45) is 0.953. The Morgan fingerprint density at radius 3 is 2.95 bits per heavy atom. The first-order chi connectivity index (χ1) is 9.64. The Morgan fingerprint density at radius 1 is 1.25 bits per heavy atom. The van der Waals surface area contributed by atoms with Gasteiger partial charge in [0.1, 0.15) is 0 Å². The predicted octanol–water partition coefficient (Wildman–Crippen LogP) is 2.03. The van der Waals surface area contributed by atoms with Gasteiger partial charge in [-0.2, -0.15) is 0 Å². The lowest BCUT2D eigenvalue weighted by Crippen LogP contribution is -2.56. The van der Waals surface area contributed by atoms with E-state index in [1.54, 1.807) is 0 Å². The molecule has 4 heteroatoms. The Balaban J connectivity index is 1.77. The fraction of sp³-hybridized carbons (Fsp3) is 0.625. The Bertz CT molecular complexity index is 474. The van der Waals surface area contributed by atoms with E-state index in [4.69, 9.17) is 9.47 Å². The van der Waals surface area contributed by atoms with Crippen LogP contribution in [-0.2, 0) is 6.54 Å². The van der Waals surface area contributed by atoms with Gasteiger partial charge in [0.05, 0.1) is 13.2 Å². The summed E-state index contributed by atoms with van der Waals surface area (Å²) in [5.41, 5.74) is 1.42. The number of rotatable bonds is 2. The first kappa shape index (κ1) is 13.7. The van der Waals surface area contributed by atoms with Crippen LogP contribution in [-0.4, -0.2) is 43.3 Å². The highest BCUT2D eigenvalue weighted by atomic mass is 16.5. The van der Waals surface area contributed by atoms with Gasteiger partial charge in [0.2, 0.25) is 0 Å². The number of para-hydroxylation sites is 1. The smallest absolute Gasteiger partial charge is 0.165 e. The lowest BCUT2D eigenvalue weighted by atomic mass is 10.0. The van der Waals surface area contributed by atoms with Crippen molar-refractivity contribution in [2.45, 2.75) is 32.4 Å². The number of hydrogen-bond acceptors (Lipinski definition) is 4. The molecule has 2 aliphatic heterocycles. The monoisotopic (exact) mass is 276 g/mol. The van der Waals surface area contributed by atoms with Gasteiger partial charge in [-0.05, 0) is 19.9 Å². The summed E-state index contributed by atoms with van der Waals surface area (Å²) in [5.74, 6) is 1.84. The number of nitrogens with zero attached hydrogens (tertiary/aromatic N) is 1. The minimum atomic E-state index is 0.182. The van der Waals surface area contributed by atoms with E-state index in [1.165, 1.54) is 5.56 Å². The zero-order chi connectivity index (χ0) is 14.0. The Labute approximate surface area is 121 Å². The minimum Gasteiger partial charge on any atom is -0.490 e. The van der Waals surface area contributed by atoms with Crippen molar-refractivity contribution >= 4 is 0 Å². The summed E-state index contributed by atoms with van der Waals surface area (Å²) < 4.78 is 11.7. The second-order valence-corrected chi connectivity index (χ2v) is 6.32. The molecule has 1 aromatic carbocycles. The maximum absolute atomic E-state index is 5.91. The molecule has 0 radical (unpaired) electrons. The van der Waals surface area contributed by atoms with Crippen molar-refractivity contribution in [2.75, 3.05) is 32.8 Å². The van der Waals surface area contributed by atoms with E-state index in [9.17, 15) is 0 Å². The van der Waals surface area contributed by atoms with Crippen LogP contribution in [0, 0.1) is 0 Å². The molecule has 2 heterocycles. The first-order valence-corrected chi connectivity index (χ1v) is 7.49. The van der Waals surface area contributed by atoms with Crippen molar-refractivity contribution < 1.29 is 9.47 Å². The standard InChI is InChI=1S/C16H24N2O2/c1-16(2)12-18(8-7-17-16)11-13-5-3-6-14-15(13)20-10-4-9-19-14/h3,5-6,17H,4,7-12H2,1-2H3. The van der Waals surface area contributed by atoms with Gasteiger partial charge in [-0.25, -0.2) is 0 Å². The van der Waals surface area contributed by atoms with Gasteiger partial charge in [0, 0.05) is 43.7 Å². The lowest BCUT2D eigenvalue weighted by molar-refractivity contribution is 0.146. The second kappa shape index (κ2) is 5.62. The highest BCUT2D eigenvalue weighted by Crippen LogP contribution is 2.34. The van der Waals surface area contributed by atoms with Gasteiger partial charge in [-0.1, -0.05) is 12.1 Å². The van der Waals surface area contributed by atoms with Crippen molar-refractivity contribution in [3.63, 3.8) is 0 Å². The van der Waals surface area contributed by atoms with Crippen LogP contribution in [0.4, 0.5) is 0 Å². The molecule has 2 aliphatic rings. The van der Waals surface area contributed by atoms with Crippen LogP contribution in [0.3, 0.4) is 0 Å². The minimum absolute atomic E-state index is 0.182. The predicted molar refractivity (Wildman–Crippen MR) is 79.4 cm³/mol. The molecule has 4 nitrogen and oxygen atoms in total. The zero-order valence-electron chi connectivity index (χ0n) is 12.4. The molecular formula is C16H24N2O2. The van der Waals surface area contributed by atoms with Crippen molar-refractivity contribution in [1.29, 1.82) is 0 Å². The molecule has 0 bridgehead atoms. The third kappa shape index (κ3) is 3.07. The molecule has 0 atom stereocenters. The molecule has 0 amide bonds. The van der Waals surface area contributed by atoms with Crippen molar-refractivity contribution in [2.24, 2.45) is 0 Å². The molecule has 0 unspecified atom stereocenters. The zero-order valence-corrected chi connectivity index (χ0v) is 12.4. The van der Waals surface area contributed by atoms with Crippen LogP contribution in [0.5, 0.6) is 11.5 Å². The topological polar surface area (TPSA) is 33.7 Å².